The Kier molecular flexibility index (Phi) is 10.9. The largest absolute Gasteiger partial charge is 0.497 e. The van der Waals surface area contributed by atoms with Crippen LogP contribution in [0.25, 0.3) is 10.9 Å². The van der Waals surface area contributed by atoms with Crippen LogP contribution in [0.3, 0.4) is 0 Å². The number of ether oxygens (including phenoxy) is 1. The number of thioether (sulfide) groups is 1. The van der Waals surface area contributed by atoms with Crippen LogP contribution in [0.15, 0.2) is 30.5 Å². The molecule has 188 valence electrons. The van der Waals surface area contributed by atoms with Gasteiger partial charge in [0.05, 0.1) is 18.7 Å². The minimum atomic E-state index is -0.719. The number of rotatable bonds is 14. The van der Waals surface area contributed by atoms with Crippen molar-refractivity contribution >= 4 is 28.6 Å². The van der Waals surface area contributed by atoms with E-state index in [9.17, 15) is 15.0 Å². The van der Waals surface area contributed by atoms with Crippen LogP contribution >= 0.6 is 11.8 Å². The predicted octanol–water partition coefficient (Wildman–Crippen LogP) is 5.39. The number of aliphatic hydroxyl groups is 1. The first kappa shape index (κ1) is 26.8. The van der Waals surface area contributed by atoms with Gasteiger partial charge in [-0.15, -0.1) is 0 Å². The Morgan fingerprint density at radius 2 is 2.12 bits per heavy atom. The predicted molar refractivity (Wildman–Crippen MR) is 140 cm³/mol. The van der Waals surface area contributed by atoms with Crippen LogP contribution in [0, 0.1) is 11.8 Å². The second kappa shape index (κ2) is 13.9. The third kappa shape index (κ3) is 7.85. The fourth-order valence-electron chi connectivity index (χ4n) is 5.01. The third-order valence-corrected chi connectivity index (χ3v) is 8.10. The van der Waals surface area contributed by atoms with Gasteiger partial charge in [0, 0.05) is 36.8 Å². The number of methoxy groups -OCH3 is 1. The average molecular weight is 489 g/mol. The van der Waals surface area contributed by atoms with Gasteiger partial charge in [-0.2, -0.15) is 11.8 Å². The standard InChI is InChI=1S/C27H40N2O4S/c1-3-4-16-34-17-15-29-14-12-20(21(19-29)6-10-27(31)32)5-9-26(30)23-11-13-28-25-8-7-22(33-2)18-24(23)25/h7-8,11,13,18,20-21,26,30H,3-6,9-10,12,14-17,19H2,1-2H3,(H,31,32)/t20?,21?,26-/m0/s1. The lowest BCUT2D eigenvalue weighted by Crippen LogP contribution is -2.41. The summed E-state index contributed by atoms with van der Waals surface area (Å²) in [6.07, 6.45) is 7.26. The Labute approximate surface area is 208 Å². The number of hydrogen-bond acceptors (Lipinski definition) is 6. The number of likely N-dealkylation sites (tertiary alicyclic amines) is 1. The van der Waals surface area contributed by atoms with Crippen molar-refractivity contribution in [2.75, 3.05) is 38.2 Å². The second-order valence-corrected chi connectivity index (χ2v) is 10.6. The van der Waals surface area contributed by atoms with Gasteiger partial charge < -0.3 is 19.8 Å². The molecule has 0 bridgehead atoms. The first-order valence-corrected chi connectivity index (χ1v) is 13.8. The maximum absolute atomic E-state index is 11.3. The number of aromatic nitrogens is 1. The van der Waals surface area contributed by atoms with Crippen molar-refractivity contribution in [3.05, 3.63) is 36.0 Å². The number of pyridine rings is 1. The maximum atomic E-state index is 11.3. The number of nitrogens with zero attached hydrogens (tertiary/aromatic N) is 2. The highest BCUT2D eigenvalue weighted by Gasteiger charge is 2.30. The fraction of sp³-hybridized carbons (Fsp3) is 0.630. The summed E-state index contributed by atoms with van der Waals surface area (Å²) in [6.45, 7) is 5.34. The zero-order valence-corrected chi connectivity index (χ0v) is 21.4. The highest BCUT2D eigenvalue weighted by molar-refractivity contribution is 7.99. The summed E-state index contributed by atoms with van der Waals surface area (Å²) in [7, 11) is 1.64. The number of benzene rings is 1. The molecular formula is C27H40N2O4S. The van der Waals surface area contributed by atoms with Gasteiger partial charge in [-0.3, -0.25) is 9.78 Å². The molecule has 3 rings (SSSR count). The fourth-order valence-corrected chi connectivity index (χ4v) is 6.09. The molecule has 7 heteroatoms. The SMILES string of the molecule is CCCCSCCN1CCC(CC[C@H](O)c2ccnc3ccc(OC)cc23)C(CCC(=O)O)C1. The monoisotopic (exact) mass is 488 g/mol. The minimum Gasteiger partial charge on any atom is -0.497 e. The summed E-state index contributed by atoms with van der Waals surface area (Å²) in [5.74, 6) is 3.22. The van der Waals surface area contributed by atoms with E-state index in [4.69, 9.17) is 4.74 Å². The first-order valence-electron chi connectivity index (χ1n) is 12.6. The van der Waals surface area contributed by atoms with Gasteiger partial charge in [0.2, 0.25) is 0 Å². The molecule has 1 saturated heterocycles. The third-order valence-electron chi connectivity index (χ3n) is 7.05. The zero-order chi connectivity index (χ0) is 24.3. The van der Waals surface area contributed by atoms with E-state index in [1.807, 2.05) is 36.0 Å². The molecule has 2 unspecified atom stereocenters. The minimum absolute atomic E-state index is 0.220. The number of carbonyl (C=O) groups is 1. The topological polar surface area (TPSA) is 82.9 Å². The van der Waals surface area contributed by atoms with E-state index in [0.29, 0.717) is 24.7 Å². The maximum Gasteiger partial charge on any atom is 0.303 e. The van der Waals surface area contributed by atoms with Gasteiger partial charge in [-0.25, -0.2) is 0 Å². The lowest BCUT2D eigenvalue weighted by molar-refractivity contribution is -0.137. The Balaban J connectivity index is 1.59. The van der Waals surface area contributed by atoms with E-state index in [1.165, 1.54) is 18.6 Å². The molecule has 6 nitrogen and oxygen atoms in total. The van der Waals surface area contributed by atoms with Crippen LogP contribution in [0.5, 0.6) is 5.75 Å². The average Bonchev–Trinajstić information content (AvgIpc) is 2.85. The molecule has 0 saturated carbocycles. The van der Waals surface area contributed by atoms with Crippen molar-refractivity contribution in [2.24, 2.45) is 11.8 Å². The number of carboxylic acid groups (broad SMARTS) is 1. The molecule has 0 aliphatic carbocycles. The molecule has 1 aromatic carbocycles. The lowest BCUT2D eigenvalue weighted by atomic mass is 9.79. The zero-order valence-electron chi connectivity index (χ0n) is 20.6. The number of hydrogen-bond donors (Lipinski definition) is 2. The summed E-state index contributed by atoms with van der Waals surface area (Å²) in [6, 6.07) is 7.64. The van der Waals surface area contributed by atoms with Gasteiger partial charge in [-0.1, -0.05) is 13.3 Å². The Morgan fingerprint density at radius 3 is 2.88 bits per heavy atom. The van der Waals surface area contributed by atoms with Gasteiger partial charge in [0.25, 0.3) is 0 Å². The molecule has 2 aromatic rings. The Morgan fingerprint density at radius 1 is 1.26 bits per heavy atom. The van der Waals surface area contributed by atoms with Crippen molar-refractivity contribution in [1.82, 2.24) is 9.88 Å². The van der Waals surface area contributed by atoms with Crippen molar-refractivity contribution < 1.29 is 19.7 Å². The molecule has 2 heterocycles. The molecule has 1 fully saturated rings. The molecule has 2 N–H and O–H groups in total. The van der Waals surface area contributed by atoms with E-state index in [0.717, 1.165) is 60.4 Å². The highest BCUT2D eigenvalue weighted by atomic mass is 32.2. The van der Waals surface area contributed by atoms with Crippen LogP contribution in [0.2, 0.25) is 0 Å². The Hall–Kier alpha value is -1.83. The summed E-state index contributed by atoms with van der Waals surface area (Å²) in [5.41, 5.74) is 1.73. The van der Waals surface area contributed by atoms with Crippen molar-refractivity contribution in [2.45, 2.75) is 58.0 Å². The molecule has 1 aromatic heterocycles. The summed E-state index contributed by atoms with van der Waals surface area (Å²) in [4.78, 5) is 18.2. The second-order valence-electron chi connectivity index (χ2n) is 9.38. The van der Waals surface area contributed by atoms with Gasteiger partial charge >= 0.3 is 5.97 Å². The van der Waals surface area contributed by atoms with Crippen molar-refractivity contribution in [1.29, 1.82) is 0 Å². The molecule has 3 atom stereocenters. The van der Waals surface area contributed by atoms with Crippen LogP contribution in [-0.2, 0) is 4.79 Å². The normalized spacial score (nSPS) is 19.9. The van der Waals surface area contributed by atoms with Crippen LogP contribution in [-0.4, -0.2) is 64.3 Å². The van der Waals surface area contributed by atoms with Gasteiger partial charge in [0.15, 0.2) is 0 Å². The summed E-state index contributed by atoms with van der Waals surface area (Å²) < 4.78 is 5.37. The molecule has 0 spiro atoms. The van der Waals surface area contributed by atoms with Gasteiger partial charge in [0.1, 0.15) is 5.75 Å². The molecule has 34 heavy (non-hydrogen) atoms. The van der Waals surface area contributed by atoms with E-state index < -0.39 is 12.1 Å². The summed E-state index contributed by atoms with van der Waals surface area (Å²) in [5, 5.41) is 21.3. The van der Waals surface area contributed by atoms with Crippen LogP contribution < -0.4 is 4.74 Å². The number of fused-ring (bicyclic) bond motifs is 1. The molecule has 0 amide bonds. The number of aliphatic hydroxyl groups excluding tert-OH is 1. The number of unbranched alkanes of at least 4 members (excludes halogenated alkanes) is 1. The summed E-state index contributed by atoms with van der Waals surface area (Å²) >= 11 is 2.02. The smallest absolute Gasteiger partial charge is 0.303 e. The number of carboxylic acids is 1. The molecule has 1 aliphatic heterocycles. The number of aliphatic carboxylic acids is 1. The van der Waals surface area contributed by atoms with Gasteiger partial charge in [-0.05, 0) is 86.1 Å². The molecule has 0 radical (unpaired) electrons. The van der Waals surface area contributed by atoms with E-state index >= 15 is 0 Å². The van der Waals surface area contributed by atoms with Crippen LogP contribution in [0.1, 0.15) is 63.5 Å². The van der Waals surface area contributed by atoms with Crippen molar-refractivity contribution in [3.8, 4) is 5.75 Å². The quantitative estimate of drug-likeness (QED) is 0.345. The first-order chi connectivity index (χ1) is 16.5. The van der Waals surface area contributed by atoms with Crippen LogP contribution in [0.4, 0.5) is 0 Å². The van der Waals surface area contributed by atoms with E-state index in [-0.39, 0.29) is 6.42 Å². The number of piperidine rings is 1. The van der Waals surface area contributed by atoms with E-state index in [2.05, 4.69) is 16.8 Å². The highest BCUT2D eigenvalue weighted by Crippen LogP contribution is 2.35. The lowest BCUT2D eigenvalue weighted by Gasteiger charge is -2.39. The Bertz CT molecular complexity index is 909. The molecular weight excluding hydrogens is 448 g/mol. The van der Waals surface area contributed by atoms with Crippen molar-refractivity contribution in [3.63, 3.8) is 0 Å². The molecule has 1 aliphatic rings. The van der Waals surface area contributed by atoms with E-state index in [1.54, 1.807) is 13.3 Å².